The van der Waals surface area contributed by atoms with Gasteiger partial charge in [-0.2, -0.15) is 4.31 Å². The van der Waals surface area contributed by atoms with Gasteiger partial charge in [-0.25, -0.2) is 8.42 Å². The van der Waals surface area contributed by atoms with Crippen LogP contribution in [0.3, 0.4) is 0 Å². The molecule has 0 aliphatic carbocycles. The van der Waals surface area contributed by atoms with Crippen molar-refractivity contribution >= 4 is 15.9 Å². The maximum absolute atomic E-state index is 12.6. The fourth-order valence-corrected chi connectivity index (χ4v) is 3.47. The van der Waals surface area contributed by atoms with Crippen LogP contribution in [0.15, 0.2) is 29.2 Å². The fraction of sp³-hybridized carbons (Fsp3) is 0.562. The molecule has 5 nitrogen and oxygen atoms in total. The van der Waals surface area contributed by atoms with Crippen LogP contribution in [0.1, 0.15) is 46.1 Å². The molecule has 0 fully saturated rings. The van der Waals surface area contributed by atoms with Crippen LogP contribution in [0.2, 0.25) is 0 Å². The lowest BCUT2D eigenvalue weighted by atomic mass is 10.0. The molecular weight excluding hydrogens is 300 g/mol. The molecular formula is C16H26N2O3S. The molecule has 1 amide bonds. The van der Waals surface area contributed by atoms with E-state index in [2.05, 4.69) is 19.2 Å². The minimum Gasteiger partial charge on any atom is -0.353 e. The smallest absolute Gasteiger partial charge is 0.243 e. The third-order valence-corrected chi connectivity index (χ3v) is 5.24. The van der Waals surface area contributed by atoms with E-state index in [4.69, 9.17) is 0 Å². The van der Waals surface area contributed by atoms with E-state index in [-0.39, 0.29) is 29.9 Å². The molecule has 1 rings (SSSR count). The van der Waals surface area contributed by atoms with Crippen molar-refractivity contribution in [2.45, 2.75) is 51.5 Å². The Kier molecular flexibility index (Phi) is 6.56. The lowest BCUT2D eigenvalue weighted by molar-refractivity contribution is -0.121. The highest BCUT2D eigenvalue weighted by Crippen LogP contribution is 2.20. The zero-order valence-corrected chi connectivity index (χ0v) is 14.8. The van der Waals surface area contributed by atoms with Crippen molar-refractivity contribution in [1.29, 1.82) is 0 Å². The zero-order chi connectivity index (χ0) is 16.9. The zero-order valence-electron chi connectivity index (χ0n) is 14.0. The number of hydrogen-bond donors (Lipinski definition) is 1. The maximum atomic E-state index is 12.6. The lowest BCUT2D eigenvalue weighted by Gasteiger charge is -2.21. The Hall–Kier alpha value is -1.40. The first kappa shape index (κ1) is 18.6. The normalized spacial score (nSPS) is 12.2. The molecule has 1 aromatic carbocycles. The van der Waals surface area contributed by atoms with Crippen LogP contribution < -0.4 is 5.32 Å². The van der Waals surface area contributed by atoms with E-state index in [0.29, 0.717) is 5.92 Å². The first-order chi connectivity index (χ1) is 10.2. The Balaban J connectivity index is 2.96. The van der Waals surface area contributed by atoms with Gasteiger partial charge in [0.05, 0.1) is 11.4 Å². The van der Waals surface area contributed by atoms with Gasteiger partial charge in [0.1, 0.15) is 0 Å². The Bertz CT molecular complexity index is 592. The minimum absolute atomic E-state index is 0.0146. The average molecular weight is 326 g/mol. The van der Waals surface area contributed by atoms with Crippen molar-refractivity contribution in [3.05, 3.63) is 29.8 Å². The number of sulfonamides is 1. The van der Waals surface area contributed by atoms with Crippen molar-refractivity contribution in [2.24, 2.45) is 0 Å². The molecule has 0 aliphatic heterocycles. The fourth-order valence-electron chi connectivity index (χ4n) is 2.07. The molecule has 1 N–H and O–H groups in total. The number of carbonyl (C=O) groups is 1. The standard InChI is InChI=1S/C16H26N2O3S/c1-6-18(11-16(19)17-13(4)5)22(20,21)15-9-7-14(8-10-15)12(2)3/h7-10,12-13H,6,11H2,1-5H3,(H,17,19). The second kappa shape index (κ2) is 7.74. The van der Waals surface area contributed by atoms with Crippen LogP contribution >= 0.6 is 0 Å². The predicted octanol–water partition coefficient (Wildman–Crippen LogP) is 2.35. The van der Waals surface area contributed by atoms with Gasteiger partial charge in [0.25, 0.3) is 0 Å². The molecule has 0 spiro atoms. The van der Waals surface area contributed by atoms with Crippen LogP contribution in [-0.4, -0.2) is 37.8 Å². The predicted molar refractivity (Wildman–Crippen MR) is 88.2 cm³/mol. The second-order valence-corrected chi connectivity index (χ2v) is 7.82. The molecule has 6 heteroatoms. The van der Waals surface area contributed by atoms with E-state index in [1.807, 2.05) is 26.0 Å². The molecule has 0 saturated carbocycles. The summed E-state index contributed by atoms with van der Waals surface area (Å²) in [4.78, 5) is 12.0. The van der Waals surface area contributed by atoms with E-state index >= 15 is 0 Å². The molecule has 124 valence electrons. The van der Waals surface area contributed by atoms with E-state index in [0.717, 1.165) is 5.56 Å². The average Bonchev–Trinajstić information content (AvgIpc) is 2.43. The number of carbonyl (C=O) groups excluding carboxylic acids is 1. The summed E-state index contributed by atoms with van der Waals surface area (Å²) in [7, 11) is -3.65. The number of benzene rings is 1. The summed E-state index contributed by atoms with van der Waals surface area (Å²) in [6, 6.07) is 6.83. The molecule has 0 atom stereocenters. The van der Waals surface area contributed by atoms with Crippen LogP contribution in [0.5, 0.6) is 0 Å². The summed E-state index contributed by atoms with van der Waals surface area (Å²) in [6.45, 7) is 9.60. The molecule has 0 aliphatic rings. The van der Waals surface area contributed by atoms with E-state index in [1.165, 1.54) is 4.31 Å². The SMILES string of the molecule is CCN(CC(=O)NC(C)C)S(=O)(=O)c1ccc(C(C)C)cc1. The van der Waals surface area contributed by atoms with Crippen LogP contribution in [0, 0.1) is 0 Å². The van der Waals surface area contributed by atoms with Crippen LogP contribution in [-0.2, 0) is 14.8 Å². The lowest BCUT2D eigenvalue weighted by Crippen LogP contribution is -2.42. The van der Waals surface area contributed by atoms with Gasteiger partial charge in [-0.15, -0.1) is 0 Å². The summed E-state index contributed by atoms with van der Waals surface area (Å²) >= 11 is 0. The number of likely N-dealkylation sites (N-methyl/N-ethyl adjacent to an activating group) is 1. The topological polar surface area (TPSA) is 66.5 Å². The molecule has 0 bridgehead atoms. The van der Waals surface area contributed by atoms with Gasteiger partial charge in [0.15, 0.2) is 0 Å². The van der Waals surface area contributed by atoms with Crippen molar-refractivity contribution in [1.82, 2.24) is 9.62 Å². The Morgan fingerprint density at radius 2 is 1.68 bits per heavy atom. The third kappa shape index (κ3) is 4.81. The van der Waals surface area contributed by atoms with Crippen molar-refractivity contribution < 1.29 is 13.2 Å². The summed E-state index contributed by atoms with van der Waals surface area (Å²) in [5.74, 6) is 0.0510. The largest absolute Gasteiger partial charge is 0.353 e. The molecule has 1 aromatic rings. The number of hydrogen-bond acceptors (Lipinski definition) is 3. The monoisotopic (exact) mass is 326 g/mol. The number of amides is 1. The summed E-state index contributed by atoms with van der Waals surface area (Å²) in [5, 5.41) is 2.71. The van der Waals surface area contributed by atoms with Crippen LogP contribution in [0.4, 0.5) is 0 Å². The first-order valence-corrected chi connectivity index (χ1v) is 9.02. The van der Waals surface area contributed by atoms with E-state index < -0.39 is 10.0 Å². The Morgan fingerprint density at radius 1 is 1.14 bits per heavy atom. The van der Waals surface area contributed by atoms with Gasteiger partial charge in [-0.3, -0.25) is 4.79 Å². The maximum Gasteiger partial charge on any atom is 0.243 e. The third-order valence-electron chi connectivity index (χ3n) is 3.31. The highest BCUT2D eigenvalue weighted by atomic mass is 32.2. The van der Waals surface area contributed by atoms with Crippen molar-refractivity contribution in [3.63, 3.8) is 0 Å². The van der Waals surface area contributed by atoms with E-state index in [1.54, 1.807) is 19.1 Å². The van der Waals surface area contributed by atoms with E-state index in [9.17, 15) is 13.2 Å². The number of rotatable bonds is 7. The highest BCUT2D eigenvalue weighted by molar-refractivity contribution is 7.89. The molecule has 0 saturated heterocycles. The van der Waals surface area contributed by atoms with Gasteiger partial charge in [-0.1, -0.05) is 32.9 Å². The van der Waals surface area contributed by atoms with Gasteiger partial charge < -0.3 is 5.32 Å². The van der Waals surface area contributed by atoms with Gasteiger partial charge in [0, 0.05) is 12.6 Å². The van der Waals surface area contributed by atoms with Gasteiger partial charge in [0.2, 0.25) is 15.9 Å². The minimum atomic E-state index is -3.65. The molecule has 0 aromatic heterocycles. The highest BCUT2D eigenvalue weighted by Gasteiger charge is 2.25. The molecule has 22 heavy (non-hydrogen) atoms. The Morgan fingerprint density at radius 3 is 2.09 bits per heavy atom. The molecule has 0 unspecified atom stereocenters. The summed E-state index contributed by atoms with van der Waals surface area (Å²) in [5.41, 5.74) is 1.08. The molecule has 0 heterocycles. The van der Waals surface area contributed by atoms with Crippen molar-refractivity contribution in [3.8, 4) is 0 Å². The first-order valence-electron chi connectivity index (χ1n) is 7.58. The quantitative estimate of drug-likeness (QED) is 0.836. The van der Waals surface area contributed by atoms with Crippen molar-refractivity contribution in [2.75, 3.05) is 13.1 Å². The molecule has 0 radical (unpaired) electrons. The summed E-state index contributed by atoms with van der Waals surface area (Å²) < 4.78 is 26.4. The number of nitrogens with zero attached hydrogens (tertiary/aromatic N) is 1. The Labute approximate surface area is 133 Å². The second-order valence-electron chi connectivity index (χ2n) is 5.88. The summed E-state index contributed by atoms with van der Waals surface area (Å²) in [6.07, 6.45) is 0. The van der Waals surface area contributed by atoms with Crippen LogP contribution in [0.25, 0.3) is 0 Å². The van der Waals surface area contributed by atoms with Gasteiger partial charge >= 0.3 is 0 Å². The number of nitrogens with one attached hydrogen (secondary N) is 1. The van der Waals surface area contributed by atoms with Gasteiger partial charge in [-0.05, 0) is 37.5 Å².